The fraction of sp³-hybridized carbons (Fsp3) is 0.368. The first-order chi connectivity index (χ1) is 10.2. The third-order valence-electron chi connectivity index (χ3n) is 4.91. The summed E-state index contributed by atoms with van der Waals surface area (Å²) in [6.07, 6.45) is 6.88. The van der Waals surface area contributed by atoms with E-state index in [4.69, 9.17) is 4.74 Å². The number of aryl methyl sites for hydroxylation is 2. The molecule has 0 N–H and O–H groups in total. The van der Waals surface area contributed by atoms with E-state index in [1.807, 2.05) is 0 Å². The van der Waals surface area contributed by atoms with E-state index in [9.17, 15) is 0 Å². The average Bonchev–Trinajstić information content (AvgIpc) is 2.67. The van der Waals surface area contributed by atoms with Crippen molar-refractivity contribution in [3.63, 3.8) is 0 Å². The smallest absolute Gasteiger partial charge is 0.123 e. The zero-order chi connectivity index (χ0) is 14.3. The molecule has 0 saturated carbocycles. The molecule has 2 aliphatic rings. The SMILES string of the molecule is Brc1ccc2c(c1)CCC1(CCCc3ccccc3C1)O2. The second-order valence-corrected chi connectivity index (χ2v) is 7.25. The van der Waals surface area contributed by atoms with E-state index < -0.39 is 0 Å². The van der Waals surface area contributed by atoms with Crippen LogP contribution < -0.4 is 4.74 Å². The van der Waals surface area contributed by atoms with Crippen LogP contribution in [0.2, 0.25) is 0 Å². The number of halogens is 1. The fourth-order valence-electron chi connectivity index (χ4n) is 3.80. The Morgan fingerprint density at radius 3 is 2.67 bits per heavy atom. The Balaban J connectivity index is 1.68. The van der Waals surface area contributed by atoms with E-state index in [1.54, 1.807) is 0 Å². The molecule has 0 aromatic heterocycles. The lowest BCUT2D eigenvalue weighted by Crippen LogP contribution is -2.41. The molecule has 1 unspecified atom stereocenters. The first-order valence-electron chi connectivity index (χ1n) is 7.78. The topological polar surface area (TPSA) is 9.23 Å². The average molecular weight is 343 g/mol. The van der Waals surface area contributed by atoms with Crippen molar-refractivity contribution in [1.29, 1.82) is 0 Å². The molecule has 1 heterocycles. The number of hydrogen-bond donors (Lipinski definition) is 0. The monoisotopic (exact) mass is 342 g/mol. The summed E-state index contributed by atoms with van der Waals surface area (Å²) < 4.78 is 7.68. The molecule has 4 rings (SSSR count). The van der Waals surface area contributed by atoms with Crippen molar-refractivity contribution in [1.82, 2.24) is 0 Å². The number of fused-ring (bicyclic) bond motifs is 2. The van der Waals surface area contributed by atoms with E-state index in [1.165, 1.54) is 29.5 Å². The van der Waals surface area contributed by atoms with Crippen molar-refractivity contribution < 1.29 is 4.74 Å². The summed E-state index contributed by atoms with van der Waals surface area (Å²) in [5, 5.41) is 0. The van der Waals surface area contributed by atoms with Gasteiger partial charge in [-0.05, 0) is 67.0 Å². The van der Waals surface area contributed by atoms with Gasteiger partial charge in [-0.1, -0.05) is 40.2 Å². The third kappa shape index (κ3) is 2.50. The van der Waals surface area contributed by atoms with Crippen LogP contribution in [0, 0.1) is 0 Å². The maximum atomic E-state index is 6.53. The molecule has 0 radical (unpaired) electrons. The molecule has 0 amide bonds. The molecule has 2 aromatic rings. The van der Waals surface area contributed by atoms with Gasteiger partial charge in [-0.15, -0.1) is 0 Å². The van der Waals surface area contributed by atoms with E-state index in [0.717, 1.165) is 35.9 Å². The highest BCUT2D eigenvalue weighted by Gasteiger charge is 2.37. The van der Waals surface area contributed by atoms with Crippen LogP contribution in [0.4, 0.5) is 0 Å². The first-order valence-corrected chi connectivity index (χ1v) is 8.58. The van der Waals surface area contributed by atoms with Gasteiger partial charge in [0.2, 0.25) is 0 Å². The quantitative estimate of drug-likeness (QED) is 0.647. The lowest BCUT2D eigenvalue weighted by atomic mass is 9.83. The lowest BCUT2D eigenvalue weighted by molar-refractivity contribution is 0.0381. The third-order valence-corrected chi connectivity index (χ3v) is 5.40. The summed E-state index contributed by atoms with van der Waals surface area (Å²) in [5.41, 5.74) is 4.34. The van der Waals surface area contributed by atoms with Gasteiger partial charge >= 0.3 is 0 Å². The molecule has 0 fully saturated rings. The van der Waals surface area contributed by atoms with Crippen LogP contribution in [-0.4, -0.2) is 5.60 Å². The van der Waals surface area contributed by atoms with Gasteiger partial charge in [0.05, 0.1) is 0 Å². The van der Waals surface area contributed by atoms with Gasteiger partial charge in [-0.3, -0.25) is 0 Å². The minimum absolute atomic E-state index is 0.00737. The molecular formula is C19H19BrO. The molecule has 1 spiro atoms. The zero-order valence-corrected chi connectivity index (χ0v) is 13.7. The second kappa shape index (κ2) is 5.17. The minimum Gasteiger partial charge on any atom is -0.487 e. The first kappa shape index (κ1) is 13.4. The summed E-state index contributed by atoms with van der Waals surface area (Å²) in [7, 11) is 0. The van der Waals surface area contributed by atoms with E-state index in [-0.39, 0.29) is 5.60 Å². The van der Waals surface area contributed by atoms with Crippen molar-refractivity contribution in [3.8, 4) is 5.75 Å². The van der Waals surface area contributed by atoms with Gasteiger partial charge in [0.1, 0.15) is 11.4 Å². The van der Waals surface area contributed by atoms with Gasteiger partial charge < -0.3 is 4.74 Å². The molecule has 1 aliphatic heterocycles. The molecule has 1 aliphatic carbocycles. The molecule has 2 heteroatoms. The maximum Gasteiger partial charge on any atom is 0.123 e. The fourth-order valence-corrected chi connectivity index (χ4v) is 4.21. The minimum atomic E-state index is 0.00737. The Morgan fingerprint density at radius 1 is 0.905 bits per heavy atom. The van der Waals surface area contributed by atoms with E-state index >= 15 is 0 Å². The summed E-state index contributed by atoms with van der Waals surface area (Å²) in [6.45, 7) is 0. The molecule has 108 valence electrons. The number of rotatable bonds is 0. The molecule has 1 nitrogen and oxygen atoms in total. The second-order valence-electron chi connectivity index (χ2n) is 6.34. The molecule has 1 atom stereocenters. The number of hydrogen-bond acceptors (Lipinski definition) is 1. The van der Waals surface area contributed by atoms with Crippen molar-refractivity contribution in [2.45, 2.75) is 44.1 Å². The number of ether oxygens (including phenoxy) is 1. The Bertz CT molecular complexity index is 679. The van der Waals surface area contributed by atoms with Crippen molar-refractivity contribution in [3.05, 3.63) is 63.6 Å². The maximum absolute atomic E-state index is 6.53. The van der Waals surface area contributed by atoms with Crippen LogP contribution in [0.25, 0.3) is 0 Å². The van der Waals surface area contributed by atoms with Gasteiger partial charge in [0.25, 0.3) is 0 Å². The Hall–Kier alpha value is -1.28. The van der Waals surface area contributed by atoms with Crippen molar-refractivity contribution in [2.24, 2.45) is 0 Å². The van der Waals surface area contributed by atoms with Crippen molar-refractivity contribution in [2.75, 3.05) is 0 Å². The summed E-state index contributed by atoms with van der Waals surface area (Å²) in [5.74, 6) is 1.09. The molecule has 0 saturated heterocycles. The predicted molar refractivity (Wildman–Crippen MR) is 88.9 cm³/mol. The molecule has 2 aromatic carbocycles. The molecule has 0 bridgehead atoms. The van der Waals surface area contributed by atoms with Gasteiger partial charge in [-0.25, -0.2) is 0 Å². The van der Waals surface area contributed by atoms with Gasteiger partial charge in [0, 0.05) is 10.9 Å². The van der Waals surface area contributed by atoms with E-state index in [0.29, 0.717) is 0 Å². The van der Waals surface area contributed by atoms with Crippen LogP contribution in [0.1, 0.15) is 36.0 Å². The van der Waals surface area contributed by atoms with Gasteiger partial charge in [0.15, 0.2) is 0 Å². The summed E-state index contributed by atoms with van der Waals surface area (Å²) in [4.78, 5) is 0. The van der Waals surface area contributed by atoms with E-state index in [2.05, 4.69) is 58.4 Å². The summed E-state index contributed by atoms with van der Waals surface area (Å²) >= 11 is 3.56. The standard InChI is InChI=1S/C19H19BrO/c20-17-7-8-18-15(12-17)9-11-19(21-18)10-3-6-14-4-1-2-5-16(14)13-19/h1-2,4-5,7-8,12H,3,6,9-11,13H2. The highest BCUT2D eigenvalue weighted by molar-refractivity contribution is 9.10. The van der Waals surface area contributed by atoms with Gasteiger partial charge in [-0.2, -0.15) is 0 Å². The Morgan fingerprint density at radius 2 is 1.76 bits per heavy atom. The van der Waals surface area contributed by atoms with Crippen LogP contribution in [0.5, 0.6) is 5.75 Å². The highest BCUT2D eigenvalue weighted by Crippen LogP contribution is 2.41. The lowest BCUT2D eigenvalue weighted by Gasteiger charge is -2.38. The molecular weight excluding hydrogens is 324 g/mol. The largest absolute Gasteiger partial charge is 0.487 e. The predicted octanol–water partition coefficient (Wildman–Crippen LogP) is 5.09. The zero-order valence-electron chi connectivity index (χ0n) is 12.1. The Labute approximate surface area is 134 Å². The Kier molecular flexibility index (Phi) is 3.30. The van der Waals surface area contributed by atoms with Crippen LogP contribution in [0.3, 0.4) is 0 Å². The van der Waals surface area contributed by atoms with Crippen LogP contribution >= 0.6 is 15.9 Å². The summed E-state index contributed by atoms with van der Waals surface area (Å²) in [6, 6.07) is 15.3. The number of benzene rings is 2. The van der Waals surface area contributed by atoms with Crippen molar-refractivity contribution >= 4 is 15.9 Å². The normalized spacial score (nSPS) is 23.9. The highest BCUT2D eigenvalue weighted by atomic mass is 79.9. The van der Waals surface area contributed by atoms with Crippen LogP contribution in [0.15, 0.2) is 46.9 Å². The molecule has 21 heavy (non-hydrogen) atoms. The van der Waals surface area contributed by atoms with Crippen LogP contribution in [-0.2, 0) is 19.3 Å².